The van der Waals surface area contributed by atoms with Gasteiger partial charge in [-0.15, -0.1) is 11.3 Å². The van der Waals surface area contributed by atoms with Crippen molar-refractivity contribution in [3.63, 3.8) is 0 Å². The van der Waals surface area contributed by atoms with Crippen LogP contribution in [-0.4, -0.2) is 19.5 Å². The van der Waals surface area contributed by atoms with E-state index in [1.807, 2.05) is 36.4 Å². The van der Waals surface area contributed by atoms with Crippen LogP contribution in [0.5, 0.6) is 0 Å². The summed E-state index contributed by atoms with van der Waals surface area (Å²) in [6, 6.07) is 17.6. The largest absolute Gasteiger partial charge is 0.477 e. The SMILES string of the molecule is Cc1ccccc1S(=O)(=O)Nc1cc(/C=C/c2ccccc2)sc1C(=O)O. The standard InChI is InChI=1S/C20H17NO4S2/c1-14-7-5-6-10-18(14)27(24,25)21-17-13-16(26-19(17)20(22)23)12-11-15-8-3-2-4-9-15/h2-13,21H,1H3,(H,22,23)/b12-11+. The number of benzene rings is 2. The van der Waals surface area contributed by atoms with E-state index in [9.17, 15) is 18.3 Å². The van der Waals surface area contributed by atoms with Gasteiger partial charge >= 0.3 is 5.97 Å². The molecule has 138 valence electrons. The number of aromatic carboxylic acids is 1. The van der Waals surface area contributed by atoms with E-state index in [4.69, 9.17) is 0 Å². The number of carbonyl (C=O) groups is 1. The summed E-state index contributed by atoms with van der Waals surface area (Å²) in [7, 11) is -3.88. The molecule has 0 bridgehead atoms. The monoisotopic (exact) mass is 399 g/mol. The van der Waals surface area contributed by atoms with E-state index >= 15 is 0 Å². The van der Waals surface area contributed by atoms with Crippen molar-refractivity contribution in [1.29, 1.82) is 0 Å². The van der Waals surface area contributed by atoms with E-state index in [-0.39, 0.29) is 15.5 Å². The summed E-state index contributed by atoms with van der Waals surface area (Å²) >= 11 is 1.01. The van der Waals surface area contributed by atoms with Gasteiger partial charge in [0.05, 0.1) is 10.6 Å². The summed E-state index contributed by atoms with van der Waals surface area (Å²) in [5.74, 6) is -1.18. The van der Waals surface area contributed by atoms with Gasteiger partial charge < -0.3 is 5.11 Å². The van der Waals surface area contributed by atoms with Crippen molar-refractivity contribution in [2.45, 2.75) is 11.8 Å². The average molecular weight is 399 g/mol. The Balaban J connectivity index is 1.93. The highest BCUT2D eigenvalue weighted by molar-refractivity contribution is 7.92. The van der Waals surface area contributed by atoms with Crippen molar-refractivity contribution >= 4 is 45.2 Å². The van der Waals surface area contributed by atoms with Gasteiger partial charge in [-0.1, -0.05) is 54.6 Å². The van der Waals surface area contributed by atoms with Gasteiger partial charge in [-0.25, -0.2) is 13.2 Å². The normalized spacial score (nSPS) is 11.6. The fourth-order valence-electron chi connectivity index (χ4n) is 2.53. The Kier molecular flexibility index (Phi) is 5.43. The molecule has 1 aromatic heterocycles. The molecule has 0 spiro atoms. The maximum Gasteiger partial charge on any atom is 0.348 e. The number of sulfonamides is 1. The highest BCUT2D eigenvalue weighted by Crippen LogP contribution is 2.31. The maximum atomic E-state index is 12.7. The first-order valence-electron chi connectivity index (χ1n) is 8.05. The van der Waals surface area contributed by atoms with Crippen LogP contribution in [-0.2, 0) is 10.0 Å². The lowest BCUT2D eigenvalue weighted by atomic mass is 10.2. The second kappa shape index (κ2) is 7.77. The Bertz CT molecular complexity index is 1100. The van der Waals surface area contributed by atoms with Crippen LogP contribution in [0.3, 0.4) is 0 Å². The first-order chi connectivity index (χ1) is 12.9. The number of anilines is 1. The molecule has 0 fully saturated rings. The third-order valence-electron chi connectivity index (χ3n) is 3.81. The topological polar surface area (TPSA) is 83.5 Å². The van der Waals surface area contributed by atoms with Crippen molar-refractivity contribution < 1.29 is 18.3 Å². The van der Waals surface area contributed by atoms with Crippen LogP contribution in [0.4, 0.5) is 5.69 Å². The molecular formula is C20H17NO4S2. The summed E-state index contributed by atoms with van der Waals surface area (Å²) < 4.78 is 27.7. The van der Waals surface area contributed by atoms with Crippen LogP contribution in [0.25, 0.3) is 12.2 Å². The molecule has 3 rings (SSSR count). The summed E-state index contributed by atoms with van der Waals surface area (Å²) in [6.07, 6.45) is 3.61. The number of carboxylic acid groups (broad SMARTS) is 1. The molecule has 3 aromatic rings. The molecule has 0 atom stereocenters. The number of hydrogen-bond donors (Lipinski definition) is 2. The number of hydrogen-bond acceptors (Lipinski definition) is 4. The highest BCUT2D eigenvalue weighted by Gasteiger charge is 2.22. The molecule has 2 N–H and O–H groups in total. The Morgan fingerprint density at radius 2 is 1.70 bits per heavy atom. The third-order valence-corrected chi connectivity index (χ3v) is 6.43. The molecule has 0 aliphatic rings. The molecule has 0 saturated carbocycles. The minimum absolute atomic E-state index is 0.0557. The maximum absolute atomic E-state index is 12.7. The molecule has 27 heavy (non-hydrogen) atoms. The van der Waals surface area contributed by atoms with Gasteiger partial charge in [-0.05, 0) is 36.3 Å². The number of aryl methyl sites for hydroxylation is 1. The summed E-state index contributed by atoms with van der Waals surface area (Å²) in [5.41, 5.74) is 1.61. The Morgan fingerprint density at radius 3 is 2.37 bits per heavy atom. The van der Waals surface area contributed by atoms with Crippen molar-refractivity contribution in [3.05, 3.63) is 81.5 Å². The van der Waals surface area contributed by atoms with E-state index in [1.165, 1.54) is 12.1 Å². The van der Waals surface area contributed by atoms with Gasteiger partial charge in [-0.3, -0.25) is 4.72 Å². The highest BCUT2D eigenvalue weighted by atomic mass is 32.2. The van der Waals surface area contributed by atoms with E-state index < -0.39 is 16.0 Å². The van der Waals surface area contributed by atoms with Gasteiger partial charge in [-0.2, -0.15) is 0 Å². The zero-order valence-electron chi connectivity index (χ0n) is 14.4. The lowest BCUT2D eigenvalue weighted by Crippen LogP contribution is -2.15. The summed E-state index contributed by atoms with van der Waals surface area (Å²) in [4.78, 5) is 12.3. The number of thiophene rings is 1. The van der Waals surface area contributed by atoms with E-state index in [1.54, 1.807) is 31.2 Å². The summed E-state index contributed by atoms with van der Waals surface area (Å²) in [6.45, 7) is 1.69. The van der Waals surface area contributed by atoms with Crippen molar-refractivity contribution in [3.8, 4) is 0 Å². The Hall–Kier alpha value is -2.90. The van der Waals surface area contributed by atoms with Crippen molar-refractivity contribution in [2.24, 2.45) is 0 Å². The predicted molar refractivity (Wildman–Crippen MR) is 109 cm³/mol. The lowest BCUT2D eigenvalue weighted by molar-refractivity contribution is 0.0703. The Labute approximate surface area is 161 Å². The average Bonchev–Trinajstić information content (AvgIpc) is 3.03. The van der Waals surface area contributed by atoms with Gasteiger partial charge in [0.1, 0.15) is 4.88 Å². The van der Waals surface area contributed by atoms with Crippen LogP contribution in [0, 0.1) is 6.92 Å². The molecule has 1 heterocycles. The Morgan fingerprint density at radius 1 is 1.04 bits per heavy atom. The van der Waals surface area contributed by atoms with E-state index in [0.717, 1.165) is 16.9 Å². The number of carboxylic acids is 1. The van der Waals surface area contributed by atoms with E-state index in [2.05, 4.69) is 4.72 Å². The molecule has 7 heteroatoms. The second-order valence-electron chi connectivity index (χ2n) is 5.81. The molecule has 0 radical (unpaired) electrons. The fourth-order valence-corrected chi connectivity index (χ4v) is 4.76. The van der Waals surface area contributed by atoms with Crippen molar-refractivity contribution in [2.75, 3.05) is 4.72 Å². The third kappa shape index (κ3) is 4.45. The molecule has 0 unspecified atom stereocenters. The zero-order chi connectivity index (χ0) is 19.4. The first kappa shape index (κ1) is 18.9. The van der Waals surface area contributed by atoms with Crippen LogP contribution < -0.4 is 4.72 Å². The zero-order valence-corrected chi connectivity index (χ0v) is 16.0. The second-order valence-corrected chi connectivity index (χ2v) is 8.55. The van der Waals surface area contributed by atoms with E-state index in [0.29, 0.717) is 10.4 Å². The van der Waals surface area contributed by atoms with Crippen LogP contribution >= 0.6 is 11.3 Å². The van der Waals surface area contributed by atoms with Crippen LogP contribution in [0.15, 0.2) is 65.6 Å². The molecule has 0 aliphatic carbocycles. The minimum atomic E-state index is -3.88. The van der Waals surface area contributed by atoms with Crippen LogP contribution in [0.2, 0.25) is 0 Å². The molecule has 2 aromatic carbocycles. The van der Waals surface area contributed by atoms with Gasteiger partial charge in [0.15, 0.2) is 0 Å². The molecular weight excluding hydrogens is 382 g/mol. The number of nitrogens with one attached hydrogen (secondary N) is 1. The number of rotatable bonds is 6. The molecule has 0 saturated heterocycles. The molecule has 0 amide bonds. The minimum Gasteiger partial charge on any atom is -0.477 e. The van der Waals surface area contributed by atoms with Gasteiger partial charge in [0, 0.05) is 4.88 Å². The quantitative estimate of drug-likeness (QED) is 0.628. The summed E-state index contributed by atoms with van der Waals surface area (Å²) in [5, 5.41) is 9.44. The molecule has 5 nitrogen and oxygen atoms in total. The molecule has 0 aliphatic heterocycles. The first-order valence-corrected chi connectivity index (χ1v) is 10.4. The van der Waals surface area contributed by atoms with Gasteiger partial charge in [0.25, 0.3) is 10.0 Å². The van der Waals surface area contributed by atoms with Gasteiger partial charge in [0.2, 0.25) is 0 Å². The lowest BCUT2D eigenvalue weighted by Gasteiger charge is -2.09. The van der Waals surface area contributed by atoms with Crippen LogP contribution in [0.1, 0.15) is 25.7 Å². The fraction of sp³-hybridized carbons (Fsp3) is 0.0500. The smallest absolute Gasteiger partial charge is 0.348 e. The van der Waals surface area contributed by atoms with Crippen molar-refractivity contribution in [1.82, 2.24) is 0 Å². The predicted octanol–water partition coefficient (Wildman–Crippen LogP) is 4.73.